The molecule has 13 nitrogen and oxygen atoms in total. The van der Waals surface area contributed by atoms with Crippen LogP contribution in [0.2, 0.25) is 0 Å². The number of rotatable bonds is 8. The maximum absolute atomic E-state index is 13.2. The van der Waals surface area contributed by atoms with Crippen molar-refractivity contribution in [2.45, 2.75) is 96.4 Å². The van der Waals surface area contributed by atoms with E-state index >= 15 is 0 Å². The first-order chi connectivity index (χ1) is 20.9. The van der Waals surface area contributed by atoms with E-state index in [0.29, 0.717) is 18.4 Å². The van der Waals surface area contributed by atoms with Gasteiger partial charge in [0.05, 0.1) is 12.6 Å². The predicted molar refractivity (Wildman–Crippen MR) is 162 cm³/mol. The molecule has 2 heterocycles. The van der Waals surface area contributed by atoms with Gasteiger partial charge < -0.3 is 43.8 Å². The van der Waals surface area contributed by atoms with Gasteiger partial charge in [0.15, 0.2) is 0 Å². The van der Waals surface area contributed by atoms with Gasteiger partial charge in [0.25, 0.3) is 5.76 Å². The lowest BCUT2D eigenvalue weighted by Gasteiger charge is -2.42. The van der Waals surface area contributed by atoms with Crippen molar-refractivity contribution in [1.82, 2.24) is 10.2 Å². The zero-order valence-corrected chi connectivity index (χ0v) is 26.9. The fourth-order valence-corrected chi connectivity index (χ4v) is 4.85. The van der Waals surface area contributed by atoms with Gasteiger partial charge in [0, 0.05) is 19.2 Å². The summed E-state index contributed by atoms with van der Waals surface area (Å²) in [6, 6.07) is 9.79. The molecule has 13 heteroatoms. The Morgan fingerprint density at radius 2 is 1.67 bits per heavy atom. The summed E-state index contributed by atoms with van der Waals surface area (Å²) < 4.78 is 27.1. The van der Waals surface area contributed by atoms with Crippen molar-refractivity contribution in [2.75, 3.05) is 20.2 Å². The fourth-order valence-electron chi connectivity index (χ4n) is 4.85. The highest BCUT2D eigenvalue weighted by atomic mass is 16.6. The summed E-state index contributed by atoms with van der Waals surface area (Å²) in [7, 11) is 1.08. The Hall–Kier alpha value is -4.10. The molecule has 3 atom stereocenters. The van der Waals surface area contributed by atoms with Gasteiger partial charge in [0.2, 0.25) is 11.2 Å². The summed E-state index contributed by atoms with van der Waals surface area (Å²) in [5.41, 5.74) is -3.51. The van der Waals surface area contributed by atoms with Crippen molar-refractivity contribution in [2.24, 2.45) is 0 Å². The van der Waals surface area contributed by atoms with Gasteiger partial charge in [-0.2, -0.15) is 0 Å². The van der Waals surface area contributed by atoms with Crippen LogP contribution in [-0.4, -0.2) is 76.3 Å². The predicted octanol–water partition coefficient (Wildman–Crippen LogP) is 4.08. The smallest absolute Gasteiger partial charge is 0.410 e. The van der Waals surface area contributed by atoms with E-state index in [0.717, 1.165) is 13.2 Å². The van der Waals surface area contributed by atoms with Crippen molar-refractivity contribution >= 4 is 18.2 Å². The average molecular weight is 633 g/mol. The number of esters is 1. The Labute approximate surface area is 262 Å². The molecule has 3 rings (SSSR count). The van der Waals surface area contributed by atoms with Crippen LogP contribution in [0.1, 0.15) is 88.8 Å². The molecule has 248 valence electrons. The molecule has 1 aromatic heterocycles. The van der Waals surface area contributed by atoms with E-state index in [1.54, 1.807) is 65.8 Å². The van der Waals surface area contributed by atoms with Crippen LogP contribution in [-0.2, 0) is 20.8 Å². The van der Waals surface area contributed by atoms with Crippen molar-refractivity contribution in [1.29, 1.82) is 0 Å². The molecule has 1 aliphatic rings. The van der Waals surface area contributed by atoms with Gasteiger partial charge in [0.1, 0.15) is 35.8 Å². The maximum atomic E-state index is 13.2. The largest absolute Gasteiger partial charge is 0.481 e. The number of likely N-dealkylation sites (tertiary alicyclic amines) is 1. The molecular weight excluding hydrogens is 588 g/mol. The molecule has 0 spiro atoms. The number of hydrogen-bond donors (Lipinski definition) is 3. The third kappa shape index (κ3) is 9.69. The van der Waals surface area contributed by atoms with E-state index in [4.69, 9.17) is 23.4 Å². The van der Waals surface area contributed by atoms with Gasteiger partial charge in [-0.25, -0.2) is 14.4 Å². The molecule has 0 aliphatic carbocycles. The lowest BCUT2D eigenvalue weighted by atomic mass is 9.83. The summed E-state index contributed by atoms with van der Waals surface area (Å²) in [6.45, 7) is 10.0. The standard InChI is InChI=1S/C32H44N2O11/c1-30(2,3)44-28(39)33-32(15-11-12-16-34(19-32)29(40)45-31(4,5)6)26(37)23(36)22-17-21(35)24(25(43-22)27(38)41-7)42-18-20-13-9-8-10-14-20/h8-10,13-14,17,23,26,36-37H,11-12,15-16,18-19H2,1-7H3,(H,33,39). The van der Waals surface area contributed by atoms with Crippen LogP contribution in [0, 0.1) is 0 Å². The summed E-state index contributed by atoms with van der Waals surface area (Å²) in [5, 5.41) is 25.9. The van der Waals surface area contributed by atoms with E-state index < -0.39 is 69.8 Å². The molecule has 3 unspecified atom stereocenters. The van der Waals surface area contributed by atoms with Crippen LogP contribution in [0.3, 0.4) is 0 Å². The molecule has 1 aliphatic heterocycles. The number of aliphatic hydroxyl groups is 2. The lowest BCUT2D eigenvalue weighted by Crippen LogP contribution is -2.64. The second-order valence-electron chi connectivity index (χ2n) is 13.0. The number of nitrogens with zero attached hydrogens (tertiary/aromatic N) is 1. The molecule has 1 saturated heterocycles. The summed E-state index contributed by atoms with van der Waals surface area (Å²) >= 11 is 0. The average Bonchev–Trinajstić information content (AvgIpc) is 3.17. The van der Waals surface area contributed by atoms with Gasteiger partial charge >= 0.3 is 18.2 Å². The molecule has 2 amide bonds. The molecule has 3 N–H and O–H groups in total. The Balaban J connectivity index is 2.03. The number of amides is 2. The Kier molecular flexibility index (Phi) is 11.3. The number of carbonyl (C=O) groups is 3. The molecule has 0 radical (unpaired) electrons. The summed E-state index contributed by atoms with van der Waals surface area (Å²) in [4.78, 5) is 53.4. The normalized spacial score (nSPS) is 18.6. The van der Waals surface area contributed by atoms with Crippen LogP contribution in [0.4, 0.5) is 9.59 Å². The number of benzene rings is 1. The van der Waals surface area contributed by atoms with Crippen LogP contribution < -0.4 is 15.5 Å². The third-order valence-electron chi connectivity index (χ3n) is 6.85. The van der Waals surface area contributed by atoms with Crippen LogP contribution in [0.15, 0.2) is 45.6 Å². The minimum absolute atomic E-state index is 0.0659. The topological polar surface area (TPSA) is 174 Å². The Bertz CT molecular complexity index is 1390. The Morgan fingerprint density at radius 1 is 1.02 bits per heavy atom. The van der Waals surface area contributed by atoms with Gasteiger partial charge in [-0.05, 0) is 66.4 Å². The van der Waals surface area contributed by atoms with Gasteiger partial charge in [-0.3, -0.25) is 4.79 Å². The van der Waals surface area contributed by atoms with Crippen molar-refractivity contribution in [3.05, 3.63) is 63.7 Å². The number of aliphatic hydroxyl groups excluding tert-OH is 2. The zero-order chi connectivity index (χ0) is 33.6. The summed E-state index contributed by atoms with van der Waals surface area (Å²) in [6.07, 6.45) is -4.36. The highest BCUT2D eigenvalue weighted by molar-refractivity contribution is 5.89. The maximum Gasteiger partial charge on any atom is 0.410 e. The van der Waals surface area contributed by atoms with Crippen molar-refractivity contribution < 1.29 is 48.0 Å². The van der Waals surface area contributed by atoms with E-state index in [-0.39, 0.29) is 26.1 Å². The number of ether oxygens (including phenoxy) is 4. The van der Waals surface area contributed by atoms with E-state index in [2.05, 4.69) is 5.32 Å². The number of methoxy groups -OCH3 is 1. The second-order valence-corrected chi connectivity index (χ2v) is 13.0. The molecule has 0 bridgehead atoms. The first-order valence-electron chi connectivity index (χ1n) is 14.7. The Morgan fingerprint density at radius 3 is 2.27 bits per heavy atom. The first kappa shape index (κ1) is 35.4. The van der Waals surface area contributed by atoms with Crippen molar-refractivity contribution in [3.8, 4) is 5.75 Å². The molecule has 1 aromatic carbocycles. The monoisotopic (exact) mass is 632 g/mol. The molecular formula is C32H44N2O11. The number of carbonyl (C=O) groups excluding carboxylic acids is 3. The van der Waals surface area contributed by atoms with E-state index in [1.807, 2.05) is 6.07 Å². The number of hydrogen-bond acceptors (Lipinski definition) is 11. The van der Waals surface area contributed by atoms with Gasteiger partial charge in [-0.1, -0.05) is 30.3 Å². The van der Waals surface area contributed by atoms with Crippen LogP contribution >= 0.6 is 0 Å². The third-order valence-corrected chi connectivity index (χ3v) is 6.85. The van der Waals surface area contributed by atoms with Crippen LogP contribution in [0.5, 0.6) is 5.75 Å². The second kappa shape index (κ2) is 14.3. The number of alkyl carbamates (subject to hydrolysis) is 1. The lowest BCUT2D eigenvalue weighted by molar-refractivity contribution is -0.0661. The quantitative estimate of drug-likeness (QED) is 0.283. The minimum atomic E-state index is -1.96. The molecule has 2 aromatic rings. The fraction of sp³-hybridized carbons (Fsp3) is 0.562. The van der Waals surface area contributed by atoms with E-state index in [1.165, 1.54) is 4.90 Å². The SMILES string of the molecule is COC(=O)c1oc(C(O)C(O)C2(NC(=O)OC(C)(C)C)CCCCN(C(=O)OC(C)(C)C)C2)cc(=O)c1OCc1ccccc1. The highest BCUT2D eigenvalue weighted by Crippen LogP contribution is 2.34. The number of nitrogens with one attached hydrogen (secondary N) is 1. The molecule has 45 heavy (non-hydrogen) atoms. The molecule has 1 fully saturated rings. The van der Waals surface area contributed by atoms with Gasteiger partial charge in [-0.15, -0.1) is 0 Å². The first-order valence-corrected chi connectivity index (χ1v) is 14.7. The van der Waals surface area contributed by atoms with Crippen LogP contribution in [0.25, 0.3) is 0 Å². The summed E-state index contributed by atoms with van der Waals surface area (Å²) in [5.74, 6) is -2.60. The molecule has 0 saturated carbocycles. The van der Waals surface area contributed by atoms with Crippen molar-refractivity contribution in [3.63, 3.8) is 0 Å². The zero-order valence-electron chi connectivity index (χ0n) is 26.9. The highest BCUT2D eigenvalue weighted by Gasteiger charge is 2.48. The van der Waals surface area contributed by atoms with E-state index in [9.17, 15) is 29.4 Å². The minimum Gasteiger partial charge on any atom is -0.481 e.